The van der Waals surface area contributed by atoms with Gasteiger partial charge in [0.05, 0.1) is 52.5 Å². The monoisotopic (exact) mass is 576 g/mol. The minimum atomic E-state index is 0. The molecule has 0 radical (unpaired) electrons. The van der Waals surface area contributed by atoms with Crippen molar-refractivity contribution < 1.29 is 61.7 Å². The molecule has 0 aromatic carbocycles. The second kappa shape index (κ2) is 9.23. The van der Waals surface area contributed by atoms with E-state index < -0.39 is 0 Å². The first-order valence-electron chi connectivity index (χ1n) is 10.4. The second-order valence-electron chi connectivity index (χ2n) is 9.63. The molecule has 0 aromatic rings. The summed E-state index contributed by atoms with van der Waals surface area (Å²) in [6.07, 6.45) is 5.89. The van der Waals surface area contributed by atoms with E-state index >= 15 is 0 Å². The van der Waals surface area contributed by atoms with E-state index in [1.807, 2.05) is 0 Å². The first-order valence-corrected chi connectivity index (χ1v) is 10.4. The minimum absolute atomic E-state index is 0. The van der Waals surface area contributed by atoms with E-state index in [4.69, 9.17) is 4.74 Å². The Bertz CT molecular complexity index is 380. The number of nitrogens with zero attached hydrogens (tertiary/aromatic N) is 2. The molecule has 0 aromatic heterocycles. The van der Waals surface area contributed by atoms with Crippen molar-refractivity contribution in [1.82, 2.24) is 0 Å². The molecular weight excluding hydrogens is 538 g/mol. The highest BCUT2D eigenvalue weighted by Gasteiger charge is 2.44. The van der Waals surface area contributed by atoms with Gasteiger partial charge in [-0.05, 0) is 11.8 Å². The van der Waals surface area contributed by atoms with Crippen molar-refractivity contribution in [3.05, 3.63) is 0 Å². The molecule has 0 saturated carbocycles. The topological polar surface area (TPSA) is 9.23 Å². The van der Waals surface area contributed by atoms with E-state index in [1.54, 1.807) is 0 Å². The highest BCUT2D eigenvalue weighted by molar-refractivity contribution is 4.78. The number of hydrogen-bond donors (Lipinski definition) is 0. The summed E-state index contributed by atoms with van der Waals surface area (Å²) in [5.74, 6) is 3.98. The van der Waals surface area contributed by atoms with Crippen LogP contribution in [0.15, 0.2) is 0 Å². The van der Waals surface area contributed by atoms with Gasteiger partial charge in [-0.3, -0.25) is 0 Å². The zero-order chi connectivity index (χ0) is 15.9. The van der Waals surface area contributed by atoms with Crippen LogP contribution in [-0.2, 0) is 4.74 Å². The number of fused-ring (bicyclic) bond motifs is 6. The van der Waals surface area contributed by atoms with Crippen molar-refractivity contribution in [3.63, 3.8) is 0 Å². The van der Waals surface area contributed by atoms with Crippen molar-refractivity contribution in [2.45, 2.75) is 39.5 Å². The average molecular weight is 576 g/mol. The molecule has 2 unspecified atom stereocenters. The van der Waals surface area contributed by atoms with Crippen LogP contribution in [0.4, 0.5) is 0 Å². The van der Waals surface area contributed by atoms with Gasteiger partial charge < -0.3 is 61.7 Å². The van der Waals surface area contributed by atoms with Crippen molar-refractivity contribution in [2.75, 3.05) is 65.6 Å². The summed E-state index contributed by atoms with van der Waals surface area (Å²) in [5.41, 5.74) is 0. The molecule has 4 bridgehead atoms. The van der Waals surface area contributed by atoms with Crippen LogP contribution in [0.5, 0.6) is 0 Å². The maximum atomic E-state index is 6.17. The molecule has 6 fully saturated rings. The van der Waals surface area contributed by atoms with E-state index in [9.17, 15) is 0 Å². The molecule has 6 saturated heterocycles. The molecule has 0 spiro atoms. The summed E-state index contributed by atoms with van der Waals surface area (Å²) in [4.78, 5) is 0. The summed E-state index contributed by atoms with van der Waals surface area (Å²) in [5, 5.41) is 0. The average Bonchev–Trinajstić information content (AvgIpc) is 2.56. The fourth-order valence-electron chi connectivity index (χ4n) is 6.54. The molecule has 6 rings (SSSR count). The van der Waals surface area contributed by atoms with Crippen LogP contribution in [0.3, 0.4) is 0 Å². The Balaban J connectivity index is 0.00000113. The summed E-state index contributed by atoms with van der Waals surface area (Å²) in [6, 6.07) is 0. The molecule has 6 aliphatic rings. The lowest BCUT2D eigenvalue weighted by Gasteiger charge is -2.52. The Morgan fingerprint density at radius 1 is 0.680 bits per heavy atom. The quantitative estimate of drug-likeness (QED) is 0.184. The number of ether oxygens (including phenoxy) is 1. The smallest absolute Gasteiger partial charge is 0.102 e. The third-order valence-electron chi connectivity index (χ3n) is 8.28. The Hall–Kier alpha value is 1.34. The molecule has 6 aliphatic heterocycles. The summed E-state index contributed by atoms with van der Waals surface area (Å²) in [7, 11) is 0. The van der Waals surface area contributed by atoms with Crippen LogP contribution in [0, 0.1) is 23.7 Å². The lowest BCUT2D eigenvalue weighted by Crippen LogP contribution is -3.00. The molecule has 6 heterocycles. The largest absolute Gasteiger partial charge is 1.00 e. The Kier molecular flexibility index (Phi) is 8.35. The Morgan fingerprint density at radius 2 is 1.04 bits per heavy atom. The molecule has 25 heavy (non-hydrogen) atoms. The zero-order valence-corrected chi connectivity index (χ0v) is 20.6. The Morgan fingerprint density at radius 3 is 1.36 bits per heavy atom. The normalized spacial score (nSPS) is 44.9. The van der Waals surface area contributed by atoms with Crippen LogP contribution < -0.4 is 48.0 Å². The van der Waals surface area contributed by atoms with Gasteiger partial charge in [-0.15, -0.1) is 0 Å². The molecule has 5 heteroatoms. The molecule has 0 N–H and O–H groups in total. The van der Waals surface area contributed by atoms with Gasteiger partial charge in [0.15, 0.2) is 0 Å². The van der Waals surface area contributed by atoms with Crippen molar-refractivity contribution in [2.24, 2.45) is 23.7 Å². The molecule has 0 amide bonds. The predicted molar refractivity (Wildman–Crippen MR) is 94.1 cm³/mol. The summed E-state index contributed by atoms with van der Waals surface area (Å²) < 4.78 is 8.91. The third-order valence-corrected chi connectivity index (χ3v) is 8.28. The van der Waals surface area contributed by atoms with Gasteiger partial charge in [0.25, 0.3) is 0 Å². The number of quaternary nitrogens is 2. The SMILES string of the molecule is CC1C[N+]2(CCOCC[N+]34CCC(CC3)C(C)C4)CCC1CC2.[I-].[I-]. The fourth-order valence-corrected chi connectivity index (χ4v) is 6.54. The molecular formula is C20H38I2N2O. The number of rotatable bonds is 6. The minimum Gasteiger partial charge on any atom is -1.00 e. The zero-order valence-electron chi connectivity index (χ0n) is 16.3. The van der Waals surface area contributed by atoms with Crippen LogP contribution in [0.25, 0.3) is 0 Å². The van der Waals surface area contributed by atoms with E-state index in [2.05, 4.69) is 13.8 Å². The number of piperidine rings is 6. The van der Waals surface area contributed by atoms with Crippen molar-refractivity contribution >= 4 is 0 Å². The third kappa shape index (κ3) is 4.85. The van der Waals surface area contributed by atoms with Crippen molar-refractivity contribution in [3.8, 4) is 0 Å². The highest BCUT2D eigenvalue weighted by atomic mass is 127. The predicted octanol–water partition coefficient (Wildman–Crippen LogP) is -3.24. The molecule has 3 nitrogen and oxygen atoms in total. The van der Waals surface area contributed by atoms with E-state index in [-0.39, 0.29) is 48.0 Å². The fraction of sp³-hybridized carbons (Fsp3) is 1.00. The molecule has 2 atom stereocenters. The maximum absolute atomic E-state index is 6.17. The van der Waals surface area contributed by atoms with Gasteiger partial charge >= 0.3 is 0 Å². The van der Waals surface area contributed by atoms with Gasteiger partial charge in [-0.1, -0.05) is 13.8 Å². The lowest BCUT2D eigenvalue weighted by atomic mass is 9.78. The van der Waals surface area contributed by atoms with E-state index in [1.165, 1.54) is 87.0 Å². The second-order valence-corrected chi connectivity index (χ2v) is 9.63. The van der Waals surface area contributed by atoms with E-state index in [0.29, 0.717) is 0 Å². The van der Waals surface area contributed by atoms with Crippen LogP contribution in [-0.4, -0.2) is 74.5 Å². The van der Waals surface area contributed by atoms with E-state index in [0.717, 1.165) is 36.9 Å². The maximum Gasteiger partial charge on any atom is 0.102 e. The molecule has 148 valence electrons. The van der Waals surface area contributed by atoms with Gasteiger partial charge in [0.2, 0.25) is 0 Å². The Labute approximate surface area is 189 Å². The highest BCUT2D eigenvalue weighted by Crippen LogP contribution is 2.38. The van der Waals surface area contributed by atoms with Gasteiger partial charge in [-0.25, -0.2) is 0 Å². The van der Waals surface area contributed by atoms with Crippen molar-refractivity contribution in [1.29, 1.82) is 0 Å². The first kappa shape index (κ1) is 22.6. The standard InChI is InChI=1S/C20H38N2O.2HI/c1-17-15-21(7-3-19(17)4-8-21)11-13-23-14-12-22-9-5-20(6-10-22)18(2)16-22;;/h17-20H,3-16H2,1-2H3;2*1H/q+2;;/p-2. The first-order chi connectivity index (χ1) is 11.1. The van der Waals surface area contributed by atoms with Crippen LogP contribution >= 0.6 is 0 Å². The van der Waals surface area contributed by atoms with Crippen LogP contribution in [0.1, 0.15) is 39.5 Å². The van der Waals surface area contributed by atoms with Gasteiger partial charge in [0, 0.05) is 37.5 Å². The number of hydrogen-bond acceptors (Lipinski definition) is 1. The van der Waals surface area contributed by atoms with Gasteiger partial charge in [0.1, 0.15) is 13.1 Å². The lowest BCUT2D eigenvalue weighted by molar-refractivity contribution is -0.949. The summed E-state index contributed by atoms with van der Waals surface area (Å²) >= 11 is 0. The van der Waals surface area contributed by atoms with Crippen LogP contribution in [0.2, 0.25) is 0 Å². The molecule has 0 aliphatic carbocycles. The van der Waals surface area contributed by atoms with Gasteiger partial charge in [-0.2, -0.15) is 0 Å². The number of halogens is 2. The summed E-state index contributed by atoms with van der Waals surface area (Å²) in [6.45, 7) is 18.1.